The highest BCUT2D eigenvalue weighted by atomic mass is 16.1. The van der Waals surface area contributed by atoms with Crippen molar-refractivity contribution in [2.75, 3.05) is 11.9 Å². The van der Waals surface area contributed by atoms with Crippen LogP contribution in [0.3, 0.4) is 0 Å². The Morgan fingerprint density at radius 1 is 1.12 bits per heavy atom. The Balaban J connectivity index is 1.52. The van der Waals surface area contributed by atoms with Crippen molar-refractivity contribution in [1.82, 2.24) is 15.3 Å². The van der Waals surface area contributed by atoms with Gasteiger partial charge in [-0.05, 0) is 42.2 Å². The zero-order valence-corrected chi connectivity index (χ0v) is 13.1. The van der Waals surface area contributed by atoms with E-state index in [9.17, 15) is 9.59 Å². The van der Waals surface area contributed by atoms with E-state index in [0.29, 0.717) is 12.1 Å². The van der Waals surface area contributed by atoms with Crippen LogP contribution in [0.15, 0.2) is 41.2 Å². The van der Waals surface area contributed by atoms with Crippen molar-refractivity contribution in [3.8, 4) is 0 Å². The summed E-state index contributed by atoms with van der Waals surface area (Å²) in [5.41, 5.74) is 5.04. The van der Waals surface area contributed by atoms with Gasteiger partial charge in [0.1, 0.15) is 0 Å². The van der Waals surface area contributed by atoms with Gasteiger partial charge in [0.2, 0.25) is 0 Å². The van der Waals surface area contributed by atoms with Crippen molar-refractivity contribution in [2.24, 2.45) is 0 Å². The molecule has 1 aliphatic heterocycles. The standard InChI is InChI=1S/C18H18N4O2/c23-17(13-5-1-3-12-4-2-8-19-16(12)13)20-10-11-6-7-14-15(9-11)22-18(24)21-14/h1,3,5-7,9,19H,2,4,8,10H2,(H,20,23)(H2,21,22,24). The lowest BCUT2D eigenvalue weighted by molar-refractivity contribution is 0.0951. The SMILES string of the molecule is O=C(NCc1ccc2[nH]c(=O)[nH]c2c1)c1cccc2c1NCCC2. The highest BCUT2D eigenvalue weighted by Gasteiger charge is 2.17. The minimum Gasteiger partial charge on any atom is -0.384 e. The average molecular weight is 322 g/mol. The molecule has 4 rings (SSSR count). The zero-order chi connectivity index (χ0) is 16.5. The van der Waals surface area contributed by atoms with Crippen LogP contribution >= 0.6 is 0 Å². The average Bonchev–Trinajstić information content (AvgIpc) is 2.98. The number of nitrogens with one attached hydrogen (secondary N) is 4. The molecule has 0 atom stereocenters. The molecule has 1 amide bonds. The zero-order valence-electron chi connectivity index (χ0n) is 13.1. The van der Waals surface area contributed by atoms with Gasteiger partial charge < -0.3 is 20.6 Å². The fourth-order valence-electron chi connectivity index (χ4n) is 3.17. The number of aryl methyl sites for hydroxylation is 1. The van der Waals surface area contributed by atoms with E-state index < -0.39 is 0 Å². The fraction of sp³-hybridized carbons (Fsp3) is 0.222. The highest BCUT2D eigenvalue weighted by Crippen LogP contribution is 2.26. The maximum Gasteiger partial charge on any atom is 0.323 e. The van der Waals surface area contributed by atoms with Gasteiger partial charge in [-0.25, -0.2) is 4.79 Å². The van der Waals surface area contributed by atoms with Crippen LogP contribution in [0.2, 0.25) is 0 Å². The smallest absolute Gasteiger partial charge is 0.323 e. The third-order valence-corrected chi connectivity index (χ3v) is 4.35. The first kappa shape index (κ1) is 14.6. The maximum absolute atomic E-state index is 12.5. The molecule has 0 fully saturated rings. The van der Waals surface area contributed by atoms with Gasteiger partial charge in [-0.2, -0.15) is 0 Å². The van der Waals surface area contributed by atoms with Crippen molar-refractivity contribution in [3.05, 3.63) is 63.6 Å². The van der Waals surface area contributed by atoms with Crippen molar-refractivity contribution >= 4 is 22.6 Å². The summed E-state index contributed by atoms with van der Waals surface area (Å²) in [6, 6.07) is 11.4. The van der Waals surface area contributed by atoms with Crippen LogP contribution in [0, 0.1) is 0 Å². The quantitative estimate of drug-likeness (QED) is 0.595. The molecule has 1 aliphatic rings. The molecule has 0 saturated carbocycles. The van der Waals surface area contributed by atoms with Gasteiger partial charge in [-0.15, -0.1) is 0 Å². The maximum atomic E-state index is 12.5. The van der Waals surface area contributed by atoms with Crippen LogP contribution in [-0.4, -0.2) is 22.4 Å². The number of hydrogen-bond acceptors (Lipinski definition) is 3. The number of fused-ring (bicyclic) bond motifs is 2. The number of H-pyrrole nitrogens is 2. The number of aromatic amines is 2. The second kappa shape index (κ2) is 5.88. The number of amides is 1. The number of imidazole rings is 1. The number of hydrogen-bond donors (Lipinski definition) is 4. The predicted molar refractivity (Wildman–Crippen MR) is 93.3 cm³/mol. The van der Waals surface area contributed by atoms with E-state index in [0.717, 1.165) is 41.7 Å². The van der Waals surface area contributed by atoms with Crippen molar-refractivity contribution in [2.45, 2.75) is 19.4 Å². The van der Waals surface area contributed by atoms with Gasteiger partial charge in [-0.3, -0.25) is 4.79 Å². The molecule has 0 bridgehead atoms. The third kappa shape index (κ3) is 2.67. The van der Waals surface area contributed by atoms with E-state index in [2.05, 4.69) is 26.7 Å². The molecule has 0 aliphatic carbocycles. The van der Waals surface area contributed by atoms with Crippen molar-refractivity contribution < 1.29 is 4.79 Å². The summed E-state index contributed by atoms with van der Waals surface area (Å²) in [5.74, 6) is -0.0936. The third-order valence-electron chi connectivity index (χ3n) is 4.35. The Bertz CT molecular complexity index is 971. The molecule has 0 radical (unpaired) electrons. The number of carbonyl (C=O) groups is 1. The van der Waals surface area contributed by atoms with E-state index in [4.69, 9.17) is 0 Å². The lowest BCUT2D eigenvalue weighted by Crippen LogP contribution is -2.25. The molecule has 0 unspecified atom stereocenters. The van der Waals surface area contributed by atoms with Gasteiger partial charge in [0.05, 0.1) is 22.3 Å². The first-order chi connectivity index (χ1) is 11.7. The molecule has 122 valence electrons. The summed E-state index contributed by atoms with van der Waals surface area (Å²) in [6.45, 7) is 1.31. The topological polar surface area (TPSA) is 89.8 Å². The molecule has 2 heterocycles. The molecule has 24 heavy (non-hydrogen) atoms. The van der Waals surface area contributed by atoms with Crippen LogP contribution in [0.5, 0.6) is 0 Å². The van der Waals surface area contributed by atoms with Gasteiger partial charge in [-0.1, -0.05) is 18.2 Å². The highest BCUT2D eigenvalue weighted by molar-refractivity contribution is 6.00. The van der Waals surface area contributed by atoms with E-state index in [-0.39, 0.29) is 11.6 Å². The Kier molecular flexibility index (Phi) is 3.57. The lowest BCUT2D eigenvalue weighted by Gasteiger charge is -2.20. The van der Waals surface area contributed by atoms with Crippen LogP contribution in [0.1, 0.15) is 27.9 Å². The Labute approximate surface area is 138 Å². The van der Waals surface area contributed by atoms with Crippen LogP contribution < -0.4 is 16.3 Å². The van der Waals surface area contributed by atoms with Crippen LogP contribution in [-0.2, 0) is 13.0 Å². The second-order valence-electron chi connectivity index (χ2n) is 6.01. The summed E-state index contributed by atoms with van der Waals surface area (Å²) < 4.78 is 0. The minimum absolute atomic E-state index is 0.0936. The number of anilines is 1. The Morgan fingerprint density at radius 3 is 2.92 bits per heavy atom. The van der Waals surface area contributed by atoms with Crippen LogP contribution in [0.25, 0.3) is 11.0 Å². The Hall–Kier alpha value is -3.02. The van der Waals surface area contributed by atoms with E-state index >= 15 is 0 Å². The molecule has 2 aromatic carbocycles. The van der Waals surface area contributed by atoms with Gasteiger partial charge >= 0.3 is 5.69 Å². The van der Waals surface area contributed by atoms with Gasteiger partial charge in [0.15, 0.2) is 0 Å². The molecule has 6 heteroatoms. The van der Waals surface area contributed by atoms with Gasteiger partial charge in [0.25, 0.3) is 5.91 Å². The molecular formula is C18H18N4O2. The van der Waals surface area contributed by atoms with Crippen molar-refractivity contribution in [3.63, 3.8) is 0 Å². The summed E-state index contributed by atoms with van der Waals surface area (Å²) in [4.78, 5) is 29.3. The molecule has 0 saturated heterocycles. The number of rotatable bonds is 3. The van der Waals surface area contributed by atoms with E-state index in [1.54, 1.807) is 0 Å². The summed E-state index contributed by atoms with van der Waals surface area (Å²) >= 11 is 0. The fourth-order valence-corrected chi connectivity index (χ4v) is 3.17. The first-order valence-electron chi connectivity index (χ1n) is 8.05. The summed E-state index contributed by atoms with van der Waals surface area (Å²) in [6.07, 6.45) is 2.09. The number of carbonyl (C=O) groups excluding carboxylic acids is 1. The van der Waals surface area contributed by atoms with Gasteiger partial charge in [0, 0.05) is 13.1 Å². The molecular weight excluding hydrogens is 304 g/mol. The van der Waals surface area contributed by atoms with Crippen LogP contribution in [0.4, 0.5) is 5.69 Å². The molecule has 6 nitrogen and oxygen atoms in total. The van der Waals surface area contributed by atoms with E-state index in [1.807, 2.05) is 30.3 Å². The largest absolute Gasteiger partial charge is 0.384 e. The molecule has 4 N–H and O–H groups in total. The number of aromatic nitrogens is 2. The molecule has 3 aromatic rings. The lowest BCUT2D eigenvalue weighted by atomic mass is 9.99. The normalized spacial score (nSPS) is 13.3. The predicted octanol–water partition coefficient (Wildman–Crippen LogP) is 2.14. The number of benzene rings is 2. The summed E-state index contributed by atoms with van der Waals surface area (Å²) in [5, 5.41) is 6.29. The number of para-hydroxylation sites is 1. The molecule has 1 aromatic heterocycles. The minimum atomic E-state index is -0.229. The second-order valence-corrected chi connectivity index (χ2v) is 6.01. The summed E-state index contributed by atoms with van der Waals surface area (Å²) in [7, 11) is 0. The first-order valence-corrected chi connectivity index (χ1v) is 8.05. The molecule has 0 spiro atoms. The van der Waals surface area contributed by atoms with Crippen molar-refractivity contribution in [1.29, 1.82) is 0 Å². The monoisotopic (exact) mass is 322 g/mol. The Morgan fingerprint density at radius 2 is 2.00 bits per heavy atom. The van der Waals surface area contributed by atoms with E-state index in [1.165, 1.54) is 5.56 Å².